The van der Waals surface area contributed by atoms with Gasteiger partial charge in [-0.25, -0.2) is 9.59 Å². The number of imide groups is 1. The number of rotatable bonds is 6. The Kier molecular flexibility index (Phi) is 6.51. The summed E-state index contributed by atoms with van der Waals surface area (Å²) in [4.78, 5) is 58.4. The number of aromatic nitrogens is 1. The second-order valence-electron chi connectivity index (χ2n) is 9.62. The standard InChI is InChI=1S/C33H24N2O6/c1-40-32(38)25-13-7-11-22-28(25)26(33(39)41-2)18-34-29(22)21-14-15-24-27-20(21)10-6-12-23(27)30(36)35(31(24)37)17-16-19-8-4-3-5-9-19/h3-15,18H,16-17H2,1-2H3. The average Bonchev–Trinajstić information content (AvgIpc) is 3.02. The van der Waals surface area contributed by atoms with Gasteiger partial charge in [-0.2, -0.15) is 0 Å². The van der Waals surface area contributed by atoms with Crippen molar-refractivity contribution in [2.45, 2.75) is 6.42 Å². The van der Waals surface area contributed by atoms with E-state index in [0.29, 0.717) is 50.4 Å². The first-order valence-electron chi connectivity index (χ1n) is 13.0. The summed E-state index contributed by atoms with van der Waals surface area (Å²) in [5.41, 5.74) is 3.33. The Labute approximate surface area is 235 Å². The van der Waals surface area contributed by atoms with Crippen molar-refractivity contribution in [2.24, 2.45) is 0 Å². The zero-order chi connectivity index (χ0) is 28.7. The van der Waals surface area contributed by atoms with E-state index in [1.807, 2.05) is 36.4 Å². The molecule has 8 nitrogen and oxygen atoms in total. The normalized spacial score (nSPS) is 12.6. The maximum atomic E-state index is 13.6. The van der Waals surface area contributed by atoms with E-state index < -0.39 is 11.9 Å². The monoisotopic (exact) mass is 544 g/mol. The van der Waals surface area contributed by atoms with E-state index in [1.54, 1.807) is 42.5 Å². The Morgan fingerprint density at radius 1 is 0.683 bits per heavy atom. The molecule has 0 fully saturated rings. The number of hydrogen-bond acceptors (Lipinski definition) is 7. The molecule has 4 aromatic carbocycles. The van der Waals surface area contributed by atoms with Crippen LogP contribution in [0.4, 0.5) is 0 Å². The maximum Gasteiger partial charge on any atom is 0.340 e. The van der Waals surface area contributed by atoms with Crippen molar-refractivity contribution in [3.63, 3.8) is 0 Å². The van der Waals surface area contributed by atoms with Gasteiger partial charge in [-0.3, -0.25) is 19.5 Å². The second-order valence-corrected chi connectivity index (χ2v) is 9.62. The lowest BCUT2D eigenvalue weighted by Crippen LogP contribution is -2.41. The topological polar surface area (TPSA) is 103 Å². The number of fused-ring (bicyclic) bond motifs is 1. The molecule has 2 amide bonds. The number of esters is 2. The highest BCUT2D eigenvalue weighted by Crippen LogP contribution is 2.39. The number of carbonyl (C=O) groups excluding carboxylic acids is 4. The van der Waals surface area contributed by atoms with Gasteiger partial charge in [-0.1, -0.05) is 60.7 Å². The highest BCUT2D eigenvalue weighted by molar-refractivity contribution is 6.27. The van der Waals surface area contributed by atoms with Crippen molar-refractivity contribution in [3.05, 3.63) is 113 Å². The first kappa shape index (κ1) is 25.9. The first-order valence-corrected chi connectivity index (χ1v) is 13.0. The van der Waals surface area contributed by atoms with Gasteiger partial charge in [-0.05, 0) is 35.6 Å². The third-order valence-corrected chi connectivity index (χ3v) is 7.44. The molecule has 0 saturated heterocycles. The van der Waals surface area contributed by atoms with Crippen molar-refractivity contribution in [2.75, 3.05) is 20.8 Å². The molecule has 0 N–H and O–H groups in total. The van der Waals surface area contributed by atoms with Crippen LogP contribution in [-0.2, 0) is 15.9 Å². The molecule has 0 saturated carbocycles. The number of methoxy groups -OCH3 is 2. The van der Waals surface area contributed by atoms with Crippen LogP contribution in [0.15, 0.2) is 85.1 Å². The first-order chi connectivity index (χ1) is 19.9. The highest BCUT2D eigenvalue weighted by Gasteiger charge is 2.33. The molecule has 2 heterocycles. The summed E-state index contributed by atoms with van der Waals surface area (Å²) in [7, 11) is 2.52. The van der Waals surface area contributed by atoms with Crippen LogP contribution in [0.1, 0.15) is 47.0 Å². The minimum Gasteiger partial charge on any atom is -0.465 e. The van der Waals surface area contributed by atoms with Gasteiger partial charge in [0.2, 0.25) is 0 Å². The number of pyridine rings is 1. The molecule has 8 heteroatoms. The van der Waals surface area contributed by atoms with Gasteiger partial charge >= 0.3 is 11.9 Å². The molecule has 0 spiro atoms. The van der Waals surface area contributed by atoms with E-state index in [1.165, 1.54) is 25.3 Å². The molecule has 41 heavy (non-hydrogen) atoms. The average molecular weight is 545 g/mol. The molecule has 0 bridgehead atoms. The van der Waals surface area contributed by atoms with Crippen LogP contribution in [0.25, 0.3) is 32.8 Å². The van der Waals surface area contributed by atoms with Crippen molar-refractivity contribution in [1.82, 2.24) is 9.88 Å². The van der Waals surface area contributed by atoms with Gasteiger partial charge in [0, 0.05) is 45.6 Å². The molecule has 5 aromatic rings. The fourth-order valence-electron chi connectivity index (χ4n) is 5.50. The lowest BCUT2D eigenvalue weighted by molar-refractivity contribution is 0.0591. The zero-order valence-electron chi connectivity index (χ0n) is 22.3. The molecule has 0 radical (unpaired) electrons. The predicted octanol–water partition coefficient (Wildman–Crippen LogP) is 5.47. The summed E-state index contributed by atoms with van der Waals surface area (Å²) in [6.45, 7) is 0.261. The molecular weight excluding hydrogens is 520 g/mol. The van der Waals surface area contributed by atoms with E-state index in [4.69, 9.17) is 9.47 Å². The van der Waals surface area contributed by atoms with E-state index in [9.17, 15) is 19.2 Å². The Morgan fingerprint density at radius 2 is 1.32 bits per heavy atom. The van der Waals surface area contributed by atoms with Crippen LogP contribution in [0, 0.1) is 0 Å². The minimum absolute atomic E-state index is 0.120. The van der Waals surface area contributed by atoms with E-state index in [2.05, 4.69) is 4.98 Å². The Morgan fingerprint density at radius 3 is 2.05 bits per heavy atom. The van der Waals surface area contributed by atoms with Crippen molar-refractivity contribution in [1.29, 1.82) is 0 Å². The predicted molar refractivity (Wildman–Crippen MR) is 153 cm³/mol. The van der Waals surface area contributed by atoms with E-state index in [0.717, 1.165) is 5.56 Å². The lowest BCUT2D eigenvalue weighted by Gasteiger charge is -2.28. The molecule has 1 aromatic heterocycles. The van der Waals surface area contributed by atoms with Crippen LogP contribution < -0.4 is 0 Å². The van der Waals surface area contributed by atoms with Gasteiger partial charge in [0.1, 0.15) is 0 Å². The number of ether oxygens (including phenoxy) is 2. The Balaban J connectivity index is 1.52. The summed E-state index contributed by atoms with van der Waals surface area (Å²) in [6, 6.07) is 23.6. The number of amides is 2. The summed E-state index contributed by atoms with van der Waals surface area (Å²) < 4.78 is 9.93. The summed E-state index contributed by atoms with van der Waals surface area (Å²) in [5.74, 6) is -1.96. The largest absolute Gasteiger partial charge is 0.465 e. The van der Waals surface area contributed by atoms with Crippen LogP contribution in [-0.4, -0.2) is 54.4 Å². The smallest absolute Gasteiger partial charge is 0.340 e. The zero-order valence-corrected chi connectivity index (χ0v) is 22.3. The van der Waals surface area contributed by atoms with Gasteiger partial charge in [0.05, 0.1) is 31.0 Å². The summed E-state index contributed by atoms with van der Waals surface area (Å²) in [6.07, 6.45) is 1.92. The molecule has 0 aliphatic carbocycles. The SMILES string of the molecule is COC(=O)c1cccc2c(-c3ccc4c5c(cccc35)C(=O)N(CCc3ccccc3)C4=O)ncc(C(=O)OC)c12. The van der Waals surface area contributed by atoms with Crippen LogP contribution in [0.5, 0.6) is 0 Å². The van der Waals surface area contributed by atoms with Gasteiger partial charge in [0.25, 0.3) is 11.8 Å². The van der Waals surface area contributed by atoms with Crippen molar-refractivity contribution >= 4 is 45.3 Å². The highest BCUT2D eigenvalue weighted by atomic mass is 16.5. The van der Waals surface area contributed by atoms with E-state index >= 15 is 0 Å². The third kappa shape index (κ3) is 4.21. The van der Waals surface area contributed by atoms with Crippen LogP contribution >= 0.6 is 0 Å². The molecule has 1 aliphatic heterocycles. The molecule has 0 unspecified atom stereocenters. The number of nitrogens with zero attached hydrogens (tertiary/aromatic N) is 2. The molecule has 6 rings (SSSR count). The quantitative estimate of drug-likeness (QED) is 0.206. The number of carbonyl (C=O) groups is 4. The number of benzene rings is 4. The maximum absolute atomic E-state index is 13.6. The van der Waals surface area contributed by atoms with Crippen molar-refractivity contribution < 1.29 is 28.7 Å². The van der Waals surface area contributed by atoms with Crippen molar-refractivity contribution in [3.8, 4) is 11.3 Å². The molecular formula is C33H24N2O6. The minimum atomic E-state index is -0.644. The fourth-order valence-corrected chi connectivity index (χ4v) is 5.50. The number of hydrogen-bond donors (Lipinski definition) is 0. The van der Waals surface area contributed by atoms with Gasteiger partial charge < -0.3 is 9.47 Å². The van der Waals surface area contributed by atoms with Gasteiger partial charge in [-0.15, -0.1) is 0 Å². The van der Waals surface area contributed by atoms with E-state index in [-0.39, 0.29) is 29.5 Å². The fraction of sp³-hybridized carbons (Fsp3) is 0.121. The van der Waals surface area contributed by atoms with Crippen LogP contribution in [0.2, 0.25) is 0 Å². The summed E-state index contributed by atoms with van der Waals surface area (Å²) >= 11 is 0. The Bertz CT molecular complexity index is 1850. The molecule has 0 atom stereocenters. The molecule has 202 valence electrons. The third-order valence-electron chi connectivity index (χ3n) is 7.44. The Hall–Kier alpha value is -5.37. The summed E-state index contributed by atoms with van der Waals surface area (Å²) in [5, 5.41) is 2.07. The van der Waals surface area contributed by atoms with Gasteiger partial charge in [0.15, 0.2) is 0 Å². The lowest BCUT2D eigenvalue weighted by atomic mass is 9.88. The second kappa shape index (κ2) is 10.3. The van der Waals surface area contributed by atoms with Crippen LogP contribution in [0.3, 0.4) is 0 Å². The molecule has 1 aliphatic rings.